The summed E-state index contributed by atoms with van der Waals surface area (Å²) in [4.78, 5) is 5.22. The largest absolute Gasteiger partial charge is 0.697 e. The third-order valence-electron chi connectivity index (χ3n) is 1.82. The predicted molar refractivity (Wildman–Crippen MR) is 66.0 cm³/mol. The summed E-state index contributed by atoms with van der Waals surface area (Å²) in [6.45, 7) is 1.46. The van der Waals surface area contributed by atoms with Crippen molar-refractivity contribution in [2.75, 3.05) is 26.3 Å². The average Bonchev–Trinajstić information content (AvgIpc) is 2.38. The minimum atomic E-state index is -2.09. The topological polar surface area (TPSA) is 133 Å². The highest BCUT2D eigenvalue weighted by atomic mass is 31.1. The van der Waals surface area contributed by atoms with E-state index in [0.29, 0.717) is 52.0 Å². The summed E-state index contributed by atoms with van der Waals surface area (Å²) in [5.41, 5.74) is 16.0. The first kappa shape index (κ1) is 16.6. The van der Waals surface area contributed by atoms with E-state index in [4.69, 9.17) is 20.1 Å². The van der Waals surface area contributed by atoms with Gasteiger partial charge in [0.05, 0.1) is 0 Å². The molecule has 100 valence electrons. The lowest BCUT2D eigenvalue weighted by Crippen LogP contribution is -1.93. The molecule has 0 rings (SSSR count). The van der Waals surface area contributed by atoms with Gasteiger partial charge >= 0.3 is 8.25 Å². The van der Waals surface area contributed by atoms with E-state index in [1.807, 2.05) is 0 Å². The Hall–Kier alpha value is -1.36. The molecule has 0 aromatic carbocycles. The summed E-state index contributed by atoms with van der Waals surface area (Å²) < 4.78 is 21.0. The summed E-state index contributed by atoms with van der Waals surface area (Å²) in [7, 11) is -2.09. The molecule has 9 nitrogen and oxygen atoms in total. The SMILES string of the molecule is [N-]=[N+]=NCCCCO[P+](=O)OCCCCN=[N+]=[N-]. The van der Waals surface area contributed by atoms with Crippen LogP contribution in [0.3, 0.4) is 0 Å². The van der Waals surface area contributed by atoms with Crippen molar-refractivity contribution in [3.8, 4) is 0 Å². The van der Waals surface area contributed by atoms with Crippen molar-refractivity contribution in [2.24, 2.45) is 10.2 Å². The Labute approximate surface area is 106 Å². The van der Waals surface area contributed by atoms with Gasteiger partial charge in [-0.3, -0.25) is 0 Å². The van der Waals surface area contributed by atoms with Gasteiger partial charge in [0.25, 0.3) is 0 Å². The Morgan fingerprint density at radius 1 is 0.889 bits per heavy atom. The van der Waals surface area contributed by atoms with E-state index in [-0.39, 0.29) is 0 Å². The van der Waals surface area contributed by atoms with Crippen molar-refractivity contribution < 1.29 is 13.6 Å². The van der Waals surface area contributed by atoms with Crippen LogP contribution in [0.5, 0.6) is 0 Å². The first-order valence-electron chi connectivity index (χ1n) is 5.56. The highest BCUT2D eigenvalue weighted by Crippen LogP contribution is 2.24. The molecule has 0 atom stereocenters. The molecule has 0 N–H and O–H groups in total. The zero-order chi connectivity index (χ0) is 13.5. The lowest BCUT2D eigenvalue weighted by atomic mass is 10.3. The van der Waals surface area contributed by atoms with Crippen LogP contribution in [-0.4, -0.2) is 26.3 Å². The average molecular weight is 275 g/mol. The van der Waals surface area contributed by atoms with Gasteiger partial charge < -0.3 is 0 Å². The van der Waals surface area contributed by atoms with Gasteiger partial charge in [0, 0.05) is 27.5 Å². The van der Waals surface area contributed by atoms with E-state index < -0.39 is 8.25 Å². The van der Waals surface area contributed by atoms with Crippen molar-refractivity contribution in [1.82, 2.24) is 0 Å². The molecule has 0 saturated carbocycles. The minimum Gasteiger partial charge on any atom is -0.119 e. The second kappa shape index (κ2) is 13.7. The van der Waals surface area contributed by atoms with Crippen LogP contribution < -0.4 is 0 Å². The molecule has 0 aliphatic carbocycles. The maximum Gasteiger partial charge on any atom is 0.697 e. The number of hydrogen-bond acceptors (Lipinski definition) is 5. The first-order valence-corrected chi connectivity index (χ1v) is 6.65. The zero-order valence-corrected chi connectivity index (χ0v) is 10.9. The number of rotatable bonds is 12. The fraction of sp³-hybridized carbons (Fsp3) is 1.00. The Balaban J connectivity index is 3.26. The van der Waals surface area contributed by atoms with Crippen LogP contribution in [0.15, 0.2) is 10.2 Å². The van der Waals surface area contributed by atoms with Crippen LogP contribution in [0.1, 0.15) is 25.7 Å². The van der Waals surface area contributed by atoms with Gasteiger partial charge in [-0.15, -0.1) is 9.05 Å². The monoisotopic (exact) mass is 275 g/mol. The predicted octanol–water partition coefficient (Wildman–Crippen LogP) is 3.86. The highest BCUT2D eigenvalue weighted by molar-refractivity contribution is 7.33. The quantitative estimate of drug-likeness (QED) is 0.176. The number of unbranched alkanes of at least 4 members (excludes halogenated alkanes) is 2. The zero-order valence-electron chi connectivity index (χ0n) is 10.0. The summed E-state index contributed by atoms with van der Waals surface area (Å²) in [5, 5.41) is 6.72. The Morgan fingerprint density at radius 3 is 1.72 bits per heavy atom. The lowest BCUT2D eigenvalue weighted by molar-refractivity contribution is 0.220. The first-order chi connectivity index (χ1) is 8.81. The van der Waals surface area contributed by atoms with E-state index >= 15 is 0 Å². The van der Waals surface area contributed by atoms with Gasteiger partial charge in [-0.05, 0) is 36.7 Å². The van der Waals surface area contributed by atoms with Crippen molar-refractivity contribution in [2.45, 2.75) is 25.7 Å². The molecule has 0 radical (unpaired) electrons. The highest BCUT2D eigenvalue weighted by Gasteiger charge is 2.18. The lowest BCUT2D eigenvalue weighted by Gasteiger charge is -1.93. The standard InChI is InChI=1S/C8H16N6O3P/c9-13-11-5-1-3-7-16-18(15)17-8-4-2-6-12-14-10/h1-8H2/q+1. The molecule has 0 unspecified atom stereocenters. The van der Waals surface area contributed by atoms with E-state index in [1.165, 1.54) is 0 Å². The Bertz CT molecular complexity index is 297. The molecule has 0 bridgehead atoms. The van der Waals surface area contributed by atoms with Crippen molar-refractivity contribution in [3.05, 3.63) is 20.9 Å². The third-order valence-corrected chi connectivity index (χ3v) is 2.61. The molecule has 0 heterocycles. The summed E-state index contributed by atoms with van der Waals surface area (Å²) >= 11 is 0. The molecule has 0 saturated heterocycles. The van der Waals surface area contributed by atoms with Gasteiger partial charge in [0.15, 0.2) is 0 Å². The number of azide groups is 2. The second-order valence-corrected chi connectivity index (χ2v) is 4.18. The van der Waals surface area contributed by atoms with Crippen LogP contribution in [0.4, 0.5) is 0 Å². The third kappa shape index (κ3) is 12.7. The van der Waals surface area contributed by atoms with E-state index in [9.17, 15) is 4.57 Å². The van der Waals surface area contributed by atoms with E-state index in [2.05, 4.69) is 20.1 Å². The van der Waals surface area contributed by atoms with Crippen LogP contribution in [-0.2, 0) is 13.6 Å². The summed E-state index contributed by atoms with van der Waals surface area (Å²) in [5.74, 6) is 0. The summed E-state index contributed by atoms with van der Waals surface area (Å²) in [6, 6.07) is 0. The van der Waals surface area contributed by atoms with Crippen LogP contribution in [0.25, 0.3) is 20.9 Å². The number of hydrogen-bond donors (Lipinski definition) is 0. The molecule has 10 heteroatoms. The van der Waals surface area contributed by atoms with Crippen molar-refractivity contribution in [3.63, 3.8) is 0 Å². The van der Waals surface area contributed by atoms with Gasteiger partial charge in [-0.1, -0.05) is 10.2 Å². The Kier molecular flexibility index (Phi) is 12.7. The molecule has 18 heavy (non-hydrogen) atoms. The maximum absolute atomic E-state index is 11.2. The molecule has 0 fully saturated rings. The van der Waals surface area contributed by atoms with E-state index in [0.717, 1.165) is 0 Å². The van der Waals surface area contributed by atoms with Crippen molar-refractivity contribution in [1.29, 1.82) is 0 Å². The van der Waals surface area contributed by atoms with Crippen LogP contribution in [0.2, 0.25) is 0 Å². The van der Waals surface area contributed by atoms with E-state index in [1.54, 1.807) is 0 Å². The molecule has 0 aliphatic rings. The molecule has 0 spiro atoms. The smallest absolute Gasteiger partial charge is 0.119 e. The van der Waals surface area contributed by atoms with Crippen molar-refractivity contribution >= 4 is 8.25 Å². The van der Waals surface area contributed by atoms with Gasteiger partial charge in [0.2, 0.25) is 0 Å². The van der Waals surface area contributed by atoms with Crippen LogP contribution >= 0.6 is 8.25 Å². The maximum atomic E-state index is 11.2. The van der Waals surface area contributed by atoms with Gasteiger partial charge in [-0.2, -0.15) is 0 Å². The van der Waals surface area contributed by atoms with Crippen LogP contribution in [0, 0.1) is 0 Å². The Morgan fingerprint density at radius 2 is 1.33 bits per heavy atom. The summed E-state index contributed by atoms with van der Waals surface area (Å²) in [6.07, 6.45) is 2.72. The normalized spacial score (nSPS) is 10.3. The fourth-order valence-electron chi connectivity index (χ4n) is 0.974. The number of nitrogens with zero attached hydrogens (tertiary/aromatic N) is 6. The minimum absolute atomic E-state index is 0.314. The van der Waals surface area contributed by atoms with Gasteiger partial charge in [-0.25, -0.2) is 0 Å². The molecular weight excluding hydrogens is 259 g/mol. The molecule has 0 amide bonds. The fourth-order valence-corrected chi connectivity index (χ4v) is 1.60. The molecule has 0 aromatic heterocycles. The molecule has 0 aliphatic heterocycles. The second-order valence-electron chi connectivity index (χ2n) is 3.21. The van der Waals surface area contributed by atoms with Gasteiger partial charge in [0.1, 0.15) is 13.2 Å². The molecular formula is C8H16N6O3P+. The molecule has 0 aromatic rings.